The summed E-state index contributed by atoms with van der Waals surface area (Å²) in [6.07, 6.45) is 12.5. The van der Waals surface area contributed by atoms with Crippen LogP contribution in [0.5, 0.6) is 0 Å². The minimum atomic E-state index is 0.912. The largest absolute Gasteiger partial charge is 0.356 e. The quantitative estimate of drug-likeness (QED) is 0.406. The van der Waals surface area contributed by atoms with E-state index in [9.17, 15) is 0 Å². The molecule has 7 nitrogen and oxygen atoms in total. The third kappa shape index (κ3) is 7.77. The number of guanidine groups is 1. The normalized spacial score (nSPS) is 16.8. The molecule has 24 heavy (non-hydrogen) atoms. The minimum absolute atomic E-state index is 0.912. The number of hydrogen-bond donors (Lipinski definition) is 2. The molecule has 0 amide bonds. The fourth-order valence-corrected chi connectivity index (χ4v) is 3.05. The summed E-state index contributed by atoms with van der Waals surface area (Å²) in [5, 5.41) is 14.4. The molecule has 136 valence electrons. The Morgan fingerprint density at radius 2 is 1.58 bits per heavy atom. The smallest absolute Gasteiger partial charge is 0.190 e. The number of nitrogens with zero attached hydrogens (tertiary/aromatic N) is 5. The number of aromatic nitrogens is 3. The first-order chi connectivity index (χ1) is 11.9. The van der Waals surface area contributed by atoms with Crippen LogP contribution in [0.2, 0.25) is 0 Å². The molecule has 1 aromatic heterocycles. The summed E-state index contributed by atoms with van der Waals surface area (Å²) in [5.74, 6) is 0.912. The summed E-state index contributed by atoms with van der Waals surface area (Å²) in [6.45, 7) is 6.64. The molecule has 2 heterocycles. The van der Waals surface area contributed by atoms with Gasteiger partial charge in [0, 0.05) is 26.7 Å². The van der Waals surface area contributed by atoms with Crippen LogP contribution in [0.1, 0.15) is 44.9 Å². The molecule has 0 bridgehead atoms. The fourth-order valence-electron chi connectivity index (χ4n) is 3.05. The first-order valence-corrected chi connectivity index (χ1v) is 9.38. The van der Waals surface area contributed by atoms with Crippen LogP contribution in [0.25, 0.3) is 0 Å². The number of nitrogens with one attached hydrogen (secondary N) is 2. The van der Waals surface area contributed by atoms with Crippen molar-refractivity contribution < 1.29 is 0 Å². The van der Waals surface area contributed by atoms with Gasteiger partial charge >= 0.3 is 0 Å². The molecule has 1 aliphatic rings. The number of likely N-dealkylation sites (tertiary alicyclic amines) is 1. The van der Waals surface area contributed by atoms with Crippen LogP contribution in [0.4, 0.5) is 0 Å². The molecule has 0 aliphatic carbocycles. The monoisotopic (exact) mass is 335 g/mol. The van der Waals surface area contributed by atoms with Crippen molar-refractivity contribution in [2.45, 2.75) is 51.5 Å². The van der Waals surface area contributed by atoms with Gasteiger partial charge in [-0.15, -0.1) is 10.2 Å². The van der Waals surface area contributed by atoms with Crippen LogP contribution in [-0.4, -0.2) is 65.4 Å². The minimum Gasteiger partial charge on any atom is -0.356 e. The van der Waals surface area contributed by atoms with Gasteiger partial charge in [0.05, 0.1) is 0 Å². The Balaban J connectivity index is 1.47. The third-order valence-electron chi connectivity index (χ3n) is 4.47. The van der Waals surface area contributed by atoms with Crippen molar-refractivity contribution >= 4 is 5.96 Å². The molecule has 0 spiro atoms. The predicted molar refractivity (Wildman–Crippen MR) is 98.1 cm³/mol. The van der Waals surface area contributed by atoms with Gasteiger partial charge in [0.2, 0.25) is 0 Å². The molecule has 0 unspecified atom stereocenters. The standard InChI is InChI=1S/C17H33N7/c1-18-17(19-9-4-7-13-24-15-21-22-16-24)20-10-8-14-23-11-5-2-3-6-12-23/h15-16H,2-14H2,1H3,(H2,18,19,20). The lowest BCUT2D eigenvalue weighted by Gasteiger charge is -2.20. The molecule has 1 saturated heterocycles. The van der Waals surface area contributed by atoms with Gasteiger partial charge in [-0.1, -0.05) is 12.8 Å². The third-order valence-corrected chi connectivity index (χ3v) is 4.47. The van der Waals surface area contributed by atoms with E-state index in [1.807, 2.05) is 11.6 Å². The van der Waals surface area contributed by atoms with E-state index < -0.39 is 0 Å². The Bertz CT molecular complexity index is 436. The van der Waals surface area contributed by atoms with Crippen LogP contribution < -0.4 is 10.6 Å². The lowest BCUT2D eigenvalue weighted by Crippen LogP contribution is -2.39. The van der Waals surface area contributed by atoms with Gasteiger partial charge in [-0.2, -0.15) is 0 Å². The zero-order valence-corrected chi connectivity index (χ0v) is 15.1. The van der Waals surface area contributed by atoms with Gasteiger partial charge in [-0.05, 0) is 51.7 Å². The SMILES string of the molecule is CN=C(NCCCCn1cnnc1)NCCCN1CCCCCC1. The van der Waals surface area contributed by atoms with Crippen molar-refractivity contribution in [3.05, 3.63) is 12.7 Å². The molecule has 2 rings (SSSR count). The highest BCUT2D eigenvalue weighted by molar-refractivity contribution is 5.79. The molecule has 1 aliphatic heterocycles. The van der Waals surface area contributed by atoms with E-state index in [0.29, 0.717) is 0 Å². The Morgan fingerprint density at radius 1 is 0.917 bits per heavy atom. The highest BCUT2D eigenvalue weighted by Crippen LogP contribution is 2.09. The topological polar surface area (TPSA) is 70.4 Å². The first kappa shape index (κ1) is 18.7. The number of aliphatic imine (C=N–C) groups is 1. The Labute approximate surface area is 145 Å². The first-order valence-electron chi connectivity index (χ1n) is 9.38. The number of rotatable bonds is 9. The molecular weight excluding hydrogens is 302 g/mol. The van der Waals surface area contributed by atoms with Crippen molar-refractivity contribution in [2.75, 3.05) is 39.8 Å². The summed E-state index contributed by atoms with van der Waals surface area (Å²) in [5.41, 5.74) is 0. The van der Waals surface area contributed by atoms with E-state index >= 15 is 0 Å². The maximum absolute atomic E-state index is 4.29. The van der Waals surface area contributed by atoms with E-state index in [4.69, 9.17) is 0 Å². The summed E-state index contributed by atoms with van der Waals surface area (Å²) >= 11 is 0. The van der Waals surface area contributed by atoms with Gasteiger partial charge in [-0.3, -0.25) is 4.99 Å². The van der Waals surface area contributed by atoms with Crippen LogP contribution in [0, 0.1) is 0 Å². The second kappa shape index (κ2) is 11.8. The van der Waals surface area contributed by atoms with Crippen LogP contribution in [0.15, 0.2) is 17.6 Å². The molecule has 0 aromatic carbocycles. The summed E-state index contributed by atoms with van der Waals surface area (Å²) < 4.78 is 2.01. The number of hydrogen-bond acceptors (Lipinski definition) is 4. The zero-order valence-electron chi connectivity index (χ0n) is 15.1. The molecule has 1 fully saturated rings. The summed E-state index contributed by atoms with van der Waals surface area (Å²) in [7, 11) is 1.83. The maximum Gasteiger partial charge on any atom is 0.190 e. The number of unbranched alkanes of at least 4 members (excludes halogenated alkanes) is 1. The van der Waals surface area contributed by atoms with Gasteiger partial charge in [0.1, 0.15) is 12.7 Å². The lowest BCUT2D eigenvalue weighted by atomic mass is 10.2. The van der Waals surface area contributed by atoms with E-state index in [1.165, 1.54) is 51.7 Å². The summed E-state index contributed by atoms with van der Waals surface area (Å²) in [6, 6.07) is 0. The van der Waals surface area contributed by atoms with Gasteiger partial charge < -0.3 is 20.1 Å². The van der Waals surface area contributed by atoms with E-state index in [2.05, 4.69) is 30.7 Å². The van der Waals surface area contributed by atoms with E-state index in [-0.39, 0.29) is 0 Å². The Hall–Kier alpha value is -1.63. The van der Waals surface area contributed by atoms with Crippen molar-refractivity contribution in [1.82, 2.24) is 30.3 Å². The number of aryl methyl sites for hydroxylation is 1. The average Bonchev–Trinajstić information content (AvgIpc) is 2.98. The molecule has 0 saturated carbocycles. The molecular formula is C17H33N7. The lowest BCUT2D eigenvalue weighted by molar-refractivity contribution is 0.282. The van der Waals surface area contributed by atoms with Gasteiger partial charge in [0.15, 0.2) is 5.96 Å². The van der Waals surface area contributed by atoms with E-state index in [1.54, 1.807) is 12.7 Å². The van der Waals surface area contributed by atoms with Crippen molar-refractivity contribution in [1.29, 1.82) is 0 Å². The summed E-state index contributed by atoms with van der Waals surface area (Å²) in [4.78, 5) is 6.90. The molecule has 1 aromatic rings. The molecule has 0 radical (unpaired) electrons. The zero-order chi connectivity index (χ0) is 16.9. The van der Waals surface area contributed by atoms with Crippen LogP contribution >= 0.6 is 0 Å². The fraction of sp³-hybridized carbons (Fsp3) is 0.824. The average molecular weight is 336 g/mol. The maximum atomic E-state index is 4.29. The van der Waals surface area contributed by atoms with Crippen LogP contribution in [0.3, 0.4) is 0 Å². The van der Waals surface area contributed by atoms with Gasteiger partial charge in [-0.25, -0.2) is 0 Å². The molecule has 2 N–H and O–H groups in total. The van der Waals surface area contributed by atoms with Crippen LogP contribution in [-0.2, 0) is 6.54 Å². The highest BCUT2D eigenvalue weighted by Gasteiger charge is 2.08. The van der Waals surface area contributed by atoms with Crippen molar-refractivity contribution in [2.24, 2.45) is 4.99 Å². The second-order valence-corrected chi connectivity index (χ2v) is 6.44. The van der Waals surface area contributed by atoms with Crippen molar-refractivity contribution in [3.63, 3.8) is 0 Å². The Morgan fingerprint density at radius 3 is 2.25 bits per heavy atom. The predicted octanol–water partition coefficient (Wildman–Crippen LogP) is 1.49. The van der Waals surface area contributed by atoms with Crippen molar-refractivity contribution in [3.8, 4) is 0 Å². The molecule has 0 atom stereocenters. The van der Waals surface area contributed by atoms with E-state index in [0.717, 1.165) is 38.4 Å². The molecule has 7 heteroatoms. The second-order valence-electron chi connectivity index (χ2n) is 6.44. The highest BCUT2D eigenvalue weighted by atomic mass is 15.2. The Kier molecular flexibility index (Phi) is 9.23. The van der Waals surface area contributed by atoms with Gasteiger partial charge in [0.25, 0.3) is 0 Å².